The molecule has 12 nitrogen and oxygen atoms in total. The highest BCUT2D eigenvalue weighted by Crippen LogP contribution is 2.28. The van der Waals surface area contributed by atoms with Crippen LogP contribution in [0.5, 0.6) is 11.5 Å². The number of sulfonamides is 1. The molecule has 2 aromatic heterocycles. The zero-order valence-corrected chi connectivity index (χ0v) is 30.7. The standard InChI is InChI=1S/C39H37N5O7S2/c1-42(52(46,47)37-34-9-5-3-7-29(34)19-21-40-37)36(39(45)44-25-23-43(24-26-44)31-13-17-32(50-2)18-14-31)27-28-11-15-33(16-12-28)51-53(48,49)38-35-10-6-4-8-30(35)20-22-41-38/h3-22,36H,23-27H2,1-2H3/t36-/m0/s1. The van der Waals surface area contributed by atoms with Crippen molar-refractivity contribution in [3.63, 3.8) is 0 Å². The van der Waals surface area contributed by atoms with Crippen molar-refractivity contribution >= 4 is 53.3 Å². The molecule has 1 fully saturated rings. The summed E-state index contributed by atoms with van der Waals surface area (Å²) in [5, 5.41) is 1.95. The van der Waals surface area contributed by atoms with Gasteiger partial charge < -0.3 is 18.7 Å². The van der Waals surface area contributed by atoms with Gasteiger partial charge in [-0.05, 0) is 71.3 Å². The molecule has 1 saturated heterocycles. The predicted octanol–water partition coefficient (Wildman–Crippen LogP) is 5.14. The molecule has 53 heavy (non-hydrogen) atoms. The van der Waals surface area contributed by atoms with Crippen LogP contribution >= 0.6 is 0 Å². The molecule has 272 valence electrons. The van der Waals surface area contributed by atoms with E-state index in [0.29, 0.717) is 53.3 Å². The van der Waals surface area contributed by atoms with E-state index < -0.39 is 26.2 Å². The van der Waals surface area contributed by atoms with Crippen molar-refractivity contribution in [2.75, 3.05) is 45.2 Å². The summed E-state index contributed by atoms with van der Waals surface area (Å²) >= 11 is 0. The Hall–Kier alpha value is -5.57. The lowest BCUT2D eigenvalue weighted by molar-refractivity contribution is -0.135. The van der Waals surface area contributed by atoms with Gasteiger partial charge in [-0.1, -0.05) is 60.7 Å². The highest BCUT2D eigenvalue weighted by Gasteiger charge is 2.38. The van der Waals surface area contributed by atoms with Crippen LogP contribution in [0, 0.1) is 0 Å². The number of aromatic nitrogens is 2. The molecule has 4 aromatic carbocycles. The number of nitrogens with zero attached hydrogens (tertiary/aromatic N) is 5. The number of hydrogen-bond acceptors (Lipinski definition) is 10. The van der Waals surface area contributed by atoms with Gasteiger partial charge in [-0.25, -0.2) is 18.4 Å². The van der Waals surface area contributed by atoms with Crippen LogP contribution < -0.4 is 13.8 Å². The molecule has 0 radical (unpaired) electrons. The summed E-state index contributed by atoms with van der Waals surface area (Å²) in [6.45, 7) is 1.87. The van der Waals surface area contributed by atoms with E-state index in [9.17, 15) is 21.6 Å². The molecule has 7 rings (SSSR count). The topological polar surface area (TPSA) is 139 Å². The number of rotatable bonds is 11. The van der Waals surface area contributed by atoms with Gasteiger partial charge in [-0.2, -0.15) is 12.7 Å². The molecule has 1 aliphatic heterocycles. The van der Waals surface area contributed by atoms with E-state index in [-0.39, 0.29) is 28.1 Å². The summed E-state index contributed by atoms with van der Waals surface area (Å²) in [5.41, 5.74) is 1.60. The quantitative estimate of drug-likeness (QED) is 0.164. The number of amides is 1. The molecular formula is C39H37N5O7S2. The van der Waals surface area contributed by atoms with E-state index in [1.54, 1.807) is 78.7 Å². The van der Waals surface area contributed by atoms with E-state index in [4.69, 9.17) is 8.92 Å². The van der Waals surface area contributed by atoms with Crippen molar-refractivity contribution in [1.29, 1.82) is 0 Å². The first-order chi connectivity index (χ1) is 25.5. The van der Waals surface area contributed by atoms with Crippen LogP contribution in [0.2, 0.25) is 0 Å². The summed E-state index contributed by atoms with van der Waals surface area (Å²) in [6, 6.07) is 30.3. The fourth-order valence-corrected chi connectivity index (χ4v) is 9.04. The SMILES string of the molecule is COc1ccc(N2CCN(C(=O)[C@H](Cc3ccc(OS(=O)(=O)c4nccc5ccccc45)cc3)N(C)S(=O)(=O)c3nccc4ccccc34)CC2)cc1. The summed E-state index contributed by atoms with van der Waals surface area (Å²) in [4.78, 5) is 26.6. The third kappa shape index (κ3) is 7.38. The van der Waals surface area contributed by atoms with E-state index >= 15 is 0 Å². The Balaban J connectivity index is 1.15. The summed E-state index contributed by atoms with van der Waals surface area (Å²) in [6.07, 6.45) is 2.87. The first-order valence-corrected chi connectivity index (χ1v) is 19.8. The number of benzene rings is 4. The Morgan fingerprint density at radius 2 is 1.26 bits per heavy atom. The molecule has 0 aliphatic carbocycles. The average Bonchev–Trinajstić information content (AvgIpc) is 3.19. The van der Waals surface area contributed by atoms with Gasteiger partial charge in [0.1, 0.15) is 17.5 Å². The number of likely N-dealkylation sites (N-methyl/N-ethyl adjacent to an activating group) is 1. The van der Waals surface area contributed by atoms with Crippen LogP contribution in [0.3, 0.4) is 0 Å². The normalized spacial score (nSPS) is 14.4. The number of piperazine rings is 1. The predicted molar refractivity (Wildman–Crippen MR) is 202 cm³/mol. The zero-order valence-electron chi connectivity index (χ0n) is 29.1. The number of hydrogen-bond donors (Lipinski definition) is 0. The van der Waals surface area contributed by atoms with Gasteiger partial charge in [0.25, 0.3) is 10.0 Å². The Labute approximate surface area is 308 Å². The van der Waals surface area contributed by atoms with E-state index in [2.05, 4.69) is 14.9 Å². The lowest BCUT2D eigenvalue weighted by atomic mass is 10.0. The summed E-state index contributed by atoms with van der Waals surface area (Å²) in [5.74, 6) is 0.441. The molecule has 0 N–H and O–H groups in total. The summed E-state index contributed by atoms with van der Waals surface area (Å²) < 4.78 is 67.0. The molecule has 0 saturated carbocycles. The lowest BCUT2D eigenvalue weighted by Crippen LogP contribution is -2.56. The van der Waals surface area contributed by atoms with Crippen LogP contribution in [-0.2, 0) is 31.4 Å². The van der Waals surface area contributed by atoms with Crippen LogP contribution in [-0.4, -0.2) is 88.3 Å². The fourth-order valence-electron chi connectivity index (χ4n) is 6.52. The van der Waals surface area contributed by atoms with Crippen molar-refractivity contribution in [2.24, 2.45) is 0 Å². The third-order valence-corrected chi connectivity index (χ3v) is 12.5. The third-order valence-electron chi connectivity index (χ3n) is 9.45. The molecule has 1 amide bonds. The second-order valence-corrected chi connectivity index (χ2v) is 16.0. The van der Waals surface area contributed by atoms with Crippen molar-refractivity contribution in [3.8, 4) is 11.5 Å². The largest absolute Gasteiger partial charge is 0.497 e. The number of ether oxygens (including phenoxy) is 1. The van der Waals surface area contributed by atoms with E-state index in [1.165, 1.54) is 31.6 Å². The van der Waals surface area contributed by atoms with Gasteiger partial charge in [0, 0.05) is 62.1 Å². The molecule has 0 spiro atoms. The number of methoxy groups -OCH3 is 1. The van der Waals surface area contributed by atoms with Gasteiger partial charge in [0.15, 0.2) is 5.03 Å². The molecule has 6 aromatic rings. The molecule has 1 atom stereocenters. The first-order valence-electron chi connectivity index (χ1n) is 16.9. The number of anilines is 1. The molecule has 1 aliphatic rings. The minimum absolute atomic E-state index is 0.00985. The molecule has 14 heteroatoms. The molecular weight excluding hydrogens is 715 g/mol. The van der Waals surface area contributed by atoms with Crippen LogP contribution in [0.4, 0.5) is 5.69 Å². The summed E-state index contributed by atoms with van der Waals surface area (Å²) in [7, 11) is -5.55. The van der Waals surface area contributed by atoms with E-state index in [0.717, 1.165) is 15.7 Å². The minimum Gasteiger partial charge on any atom is -0.497 e. The highest BCUT2D eigenvalue weighted by atomic mass is 32.2. The zero-order chi connectivity index (χ0) is 37.2. The fraction of sp³-hybridized carbons (Fsp3) is 0.205. The number of carbonyl (C=O) groups is 1. The van der Waals surface area contributed by atoms with Gasteiger partial charge in [-0.3, -0.25) is 4.79 Å². The maximum Gasteiger partial charge on any atom is 0.357 e. The van der Waals surface area contributed by atoms with Crippen molar-refractivity contribution in [1.82, 2.24) is 19.2 Å². The number of carbonyl (C=O) groups excluding carboxylic acids is 1. The van der Waals surface area contributed by atoms with Crippen molar-refractivity contribution in [3.05, 3.63) is 127 Å². The van der Waals surface area contributed by atoms with Crippen LogP contribution in [0.15, 0.2) is 132 Å². The average molecular weight is 752 g/mol. The van der Waals surface area contributed by atoms with Gasteiger partial charge >= 0.3 is 10.1 Å². The highest BCUT2D eigenvalue weighted by molar-refractivity contribution is 7.89. The van der Waals surface area contributed by atoms with Gasteiger partial charge in [0.2, 0.25) is 10.9 Å². The van der Waals surface area contributed by atoms with Crippen molar-refractivity contribution in [2.45, 2.75) is 22.5 Å². The van der Waals surface area contributed by atoms with E-state index in [1.807, 2.05) is 30.3 Å². The monoisotopic (exact) mass is 751 g/mol. The van der Waals surface area contributed by atoms with Crippen LogP contribution in [0.25, 0.3) is 21.5 Å². The second kappa shape index (κ2) is 14.8. The maximum absolute atomic E-state index is 14.4. The minimum atomic E-state index is -4.29. The smallest absolute Gasteiger partial charge is 0.357 e. The van der Waals surface area contributed by atoms with Crippen molar-refractivity contribution < 1.29 is 30.6 Å². The maximum atomic E-state index is 14.4. The first kappa shape index (κ1) is 35.8. The Morgan fingerprint density at radius 1 is 0.717 bits per heavy atom. The van der Waals surface area contributed by atoms with Crippen LogP contribution in [0.1, 0.15) is 5.56 Å². The van der Waals surface area contributed by atoms with Gasteiger partial charge in [-0.15, -0.1) is 0 Å². The molecule has 3 heterocycles. The Kier molecular flexibility index (Phi) is 10.0. The lowest BCUT2D eigenvalue weighted by Gasteiger charge is -2.39. The number of pyridine rings is 2. The van der Waals surface area contributed by atoms with Gasteiger partial charge in [0.05, 0.1) is 7.11 Å². The molecule has 0 bridgehead atoms. The number of fused-ring (bicyclic) bond motifs is 2. The second-order valence-electron chi connectivity index (χ2n) is 12.6. The molecule has 0 unspecified atom stereocenters. The Morgan fingerprint density at radius 3 is 1.87 bits per heavy atom. The Bertz CT molecular complexity index is 2480.